The molecule has 0 unspecified atom stereocenters. The van der Waals surface area contributed by atoms with E-state index in [1.807, 2.05) is 0 Å². The van der Waals surface area contributed by atoms with Crippen molar-refractivity contribution >= 4 is 23.9 Å². The number of carbonyl (C=O) groups excluding carboxylic acids is 2. The van der Waals surface area contributed by atoms with E-state index in [0.717, 1.165) is 12.3 Å². The van der Waals surface area contributed by atoms with Gasteiger partial charge in [0.2, 0.25) is 0 Å². The second-order valence-electron chi connectivity index (χ2n) is 2.98. The molecule has 0 fully saturated rings. The SMILES string of the molecule is C=C(CC(=O)O)C(=O)O.C=CC(=O)OC.C=COC(C)=O. The van der Waals surface area contributed by atoms with Gasteiger partial charge in [-0.05, 0) is 0 Å². The topological polar surface area (TPSA) is 127 Å². The second-order valence-corrected chi connectivity index (χ2v) is 2.98. The lowest BCUT2D eigenvalue weighted by Crippen LogP contribution is -2.04. The van der Waals surface area contributed by atoms with Crippen molar-refractivity contribution in [2.24, 2.45) is 0 Å². The molecule has 0 atom stereocenters. The van der Waals surface area contributed by atoms with Crippen LogP contribution >= 0.6 is 0 Å². The molecular formula is C13H18O8. The van der Waals surface area contributed by atoms with Gasteiger partial charge >= 0.3 is 23.9 Å². The molecule has 0 aromatic carbocycles. The smallest absolute Gasteiger partial charge is 0.331 e. The van der Waals surface area contributed by atoms with Gasteiger partial charge in [-0.3, -0.25) is 9.59 Å². The van der Waals surface area contributed by atoms with E-state index in [4.69, 9.17) is 10.2 Å². The lowest BCUT2D eigenvalue weighted by atomic mass is 10.2. The number of carboxylic acid groups (broad SMARTS) is 2. The first-order chi connectivity index (χ1) is 9.61. The summed E-state index contributed by atoms with van der Waals surface area (Å²) < 4.78 is 8.31. The third-order valence-corrected chi connectivity index (χ3v) is 1.28. The van der Waals surface area contributed by atoms with Crippen LogP contribution in [0, 0.1) is 0 Å². The Hall–Kier alpha value is -2.90. The molecule has 0 bridgehead atoms. The van der Waals surface area contributed by atoms with Crippen molar-refractivity contribution in [2.75, 3.05) is 7.11 Å². The monoisotopic (exact) mass is 302 g/mol. The van der Waals surface area contributed by atoms with Gasteiger partial charge in [-0.15, -0.1) is 0 Å². The number of rotatable bonds is 5. The molecule has 2 N–H and O–H groups in total. The minimum absolute atomic E-state index is 0.303. The maximum Gasteiger partial charge on any atom is 0.331 e. The Kier molecular flexibility index (Phi) is 16.8. The Morgan fingerprint density at radius 1 is 1.14 bits per heavy atom. The molecule has 118 valence electrons. The molecule has 21 heavy (non-hydrogen) atoms. The van der Waals surface area contributed by atoms with Crippen molar-refractivity contribution in [1.29, 1.82) is 0 Å². The Labute approximate surface area is 122 Å². The van der Waals surface area contributed by atoms with E-state index in [2.05, 4.69) is 29.2 Å². The fraction of sp³-hybridized carbons (Fsp3) is 0.231. The van der Waals surface area contributed by atoms with Crippen LogP contribution in [0.4, 0.5) is 0 Å². The molecule has 0 saturated carbocycles. The fourth-order valence-corrected chi connectivity index (χ4v) is 0.459. The minimum atomic E-state index is -1.27. The van der Waals surface area contributed by atoms with Gasteiger partial charge in [0.15, 0.2) is 0 Å². The summed E-state index contributed by atoms with van der Waals surface area (Å²) in [4.78, 5) is 39.3. The maximum absolute atomic E-state index is 9.87. The van der Waals surface area contributed by atoms with Gasteiger partial charge in [0.05, 0.1) is 19.8 Å². The molecule has 0 aliphatic heterocycles. The molecule has 8 nitrogen and oxygen atoms in total. The zero-order valence-corrected chi connectivity index (χ0v) is 11.8. The van der Waals surface area contributed by atoms with Crippen LogP contribution in [0.15, 0.2) is 37.6 Å². The van der Waals surface area contributed by atoms with E-state index in [-0.39, 0.29) is 11.5 Å². The summed E-state index contributed by atoms with van der Waals surface area (Å²) in [6.07, 6.45) is 1.71. The predicted octanol–water partition coefficient (Wildman–Crippen LogP) is 1.14. The van der Waals surface area contributed by atoms with E-state index in [1.54, 1.807) is 0 Å². The van der Waals surface area contributed by atoms with Crippen molar-refractivity contribution in [1.82, 2.24) is 0 Å². The highest BCUT2D eigenvalue weighted by atomic mass is 16.5. The third-order valence-electron chi connectivity index (χ3n) is 1.28. The van der Waals surface area contributed by atoms with Gasteiger partial charge in [-0.25, -0.2) is 9.59 Å². The average Bonchev–Trinajstić information content (AvgIpc) is 2.38. The van der Waals surface area contributed by atoms with E-state index < -0.39 is 24.3 Å². The van der Waals surface area contributed by atoms with Crippen LogP contribution in [0.25, 0.3) is 0 Å². The molecule has 0 spiro atoms. The maximum atomic E-state index is 9.87. The summed E-state index contributed by atoms with van der Waals surface area (Å²) in [5.41, 5.74) is -0.303. The molecule has 0 rings (SSSR count). The lowest BCUT2D eigenvalue weighted by molar-refractivity contribution is -0.139. The van der Waals surface area contributed by atoms with Crippen LogP contribution in [-0.4, -0.2) is 41.2 Å². The van der Waals surface area contributed by atoms with Gasteiger partial charge in [0.25, 0.3) is 0 Å². The zero-order valence-electron chi connectivity index (χ0n) is 11.8. The normalized spacial score (nSPS) is 7.52. The molecule has 0 radical (unpaired) electrons. The number of esters is 2. The summed E-state index contributed by atoms with van der Waals surface area (Å²) >= 11 is 0. The summed E-state index contributed by atoms with van der Waals surface area (Å²) in [6.45, 7) is 10.6. The van der Waals surface area contributed by atoms with Gasteiger partial charge in [0.1, 0.15) is 0 Å². The first kappa shape index (κ1) is 23.2. The van der Waals surface area contributed by atoms with Crippen molar-refractivity contribution in [3.8, 4) is 0 Å². The van der Waals surface area contributed by atoms with E-state index >= 15 is 0 Å². The van der Waals surface area contributed by atoms with Gasteiger partial charge in [-0.2, -0.15) is 0 Å². The number of carbonyl (C=O) groups is 4. The first-order valence-electron chi connectivity index (χ1n) is 5.23. The molecular weight excluding hydrogens is 284 g/mol. The van der Waals surface area contributed by atoms with Crippen LogP contribution in [0.5, 0.6) is 0 Å². The highest BCUT2D eigenvalue weighted by Crippen LogP contribution is 1.95. The minimum Gasteiger partial charge on any atom is -0.481 e. The molecule has 0 aliphatic carbocycles. The largest absolute Gasteiger partial charge is 0.481 e. The molecule has 0 saturated heterocycles. The van der Waals surface area contributed by atoms with E-state index in [9.17, 15) is 19.2 Å². The zero-order chi connectivity index (χ0) is 17.4. The highest BCUT2D eigenvalue weighted by molar-refractivity contribution is 5.91. The lowest BCUT2D eigenvalue weighted by Gasteiger charge is -1.91. The average molecular weight is 302 g/mol. The predicted molar refractivity (Wildman–Crippen MR) is 73.2 cm³/mol. The summed E-state index contributed by atoms with van der Waals surface area (Å²) in [5.74, 6) is -3.17. The second kappa shape index (κ2) is 15.2. The van der Waals surface area contributed by atoms with Crippen LogP contribution in [0.3, 0.4) is 0 Å². The van der Waals surface area contributed by atoms with Crippen molar-refractivity contribution in [3.63, 3.8) is 0 Å². The number of hydrogen-bond donors (Lipinski definition) is 2. The Morgan fingerprint density at radius 2 is 1.62 bits per heavy atom. The third kappa shape index (κ3) is 26.6. The van der Waals surface area contributed by atoms with Gasteiger partial charge in [0, 0.05) is 18.6 Å². The Morgan fingerprint density at radius 3 is 1.67 bits per heavy atom. The number of methoxy groups -OCH3 is 1. The van der Waals surface area contributed by atoms with Gasteiger partial charge in [-0.1, -0.05) is 19.7 Å². The van der Waals surface area contributed by atoms with Crippen LogP contribution < -0.4 is 0 Å². The standard InChI is InChI=1S/C5H6O4.2C4H6O2/c1-3(5(8)9)2-4(6)7;1-3-4(5)6-2;1-3-6-4(2)5/h1-2H2,(H,6,7)(H,8,9);2*3H,1H2,2H3. The van der Waals surface area contributed by atoms with Crippen molar-refractivity contribution in [2.45, 2.75) is 13.3 Å². The summed E-state index contributed by atoms with van der Waals surface area (Å²) in [5, 5.41) is 16.1. The quantitative estimate of drug-likeness (QED) is 0.439. The molecule has 0 amide bonds. The van der Waals surface area contributed by atoms with Crippen molar-refractivity contribution < 1.29 is 38.9 Å². The van der Waals surface area contributed by atoms with Crippen LogP contribution in [0.1, 0.15) is 13.3 Å². The number of ether oxygens (including phenoxy) is 2. The van der Waals surface area contributed by atoms with Crippen LogP contribution in [0.2, 0.25) is 0 Å². The fourth-order valence-electron chi connectivity index (χ4n) is 0.459. The van der Waals surface area contributed by atoms with Crippen LogP contribution in [-0.2, 0) is 28.7 Å². The number of carboxylic acids is 2. The molecule has 0 aliphatic rings. The van der Waals surface area contributed by atoms with Gasteiger partial charge < -0.3 is 19.7 Å². The molecule has 0 heterocycles. The molecule has 0 aromatic heterocycles. The summed E-state index contributed by atoms with van der Waals surface area (Å²) in [7, 11) is 1.31. The Bertz CT molecular complexity index is 408. The highest BCUT2D eigenvalue weighted by Gasteiger charge is 2.07. The van der Waals surface area contributed by atoms with E-state index in [0.29, 0.717) is 0 Å². The Balaban J connectivity index is -0.000000240. The number of aliphatic carboxylic acids is 2. The molecule has 8 heteroatoms. The molecule has 0 aromatic rings. The first-order valence-corrected chi connectivity index (χ1v) is 5.23. The van der Waals surface area contributed by atoms with Crippen molar-refractivity contribution in [3.05, 3.63) is 37.6 Å². The number of hydrogen-bond acceptors (Lipinski definition) is 6. The van der Waals surface area contributed by atoms with E-state index in [1.165, 1.54) is 14.0 Å². The summed E-state index contributed by atoms with van der Waals surface area (Å²) in [6, 6.07) is 0.